The van der Waals surface area contributed by atoms with Gasteiger partial charge < -0.3 is 4.57 Å². The fourth-order valence-electron chi connectivity index (χ4n) is 4.24. The van der Waals surface area contributed by atoms with Gasteiger partial charge in [-0.05, 0) is 26.2 Å². The first-order valence-electron chi connectivity index (χ1n) is 12.3. The lowest BCUT2D eigenvalue weighted by Gasteiger charge is -2.21. The summed E-state index contributed by atoms with van der Waals surface area (Å²) in [6, 6.07) is 0.594. The third kappa shape index (κ3) is 10.4. The summed E-state index contributed by atoms with van der Waals surface area (Å²) < 4.78 is 2.49. The minimum Gasteiger partial charge on any atom is -0.332 e. The van der Waals surface area contributed by atoms with Gasteiger partial charge in [-0.15, -0.1) is 0 Å². The average molecular weight is 377 g/mol. The Bertz CT molecular complexity index is 437. The SMILES string of the molecule is CCCCCCCCCC(CC)c1nccn1C(C)CCCCCCCC. The van der Waals surface area contributed by atoms with Crippen molar-refractivity contribution in [2.45, 2.75) is 142 Å². The first-order valence-corrected chi connectivity index (χ1v) is 12.3. The first kappa shape index (κ1) is 24.2. The highest BCUT2D eigenvalue weighted by molar-refractivity contribution is 5.02. The molecule has 0 fully saturated rings. The number of nitrogens with zero attached hydrogens (tertiary/aromatic N) is 2. The van der Waals surface area contributed by atoms with E-state index in [4.69, 9.17) is 4.98 Å². The molecule has 0 bridgehead atoms. The van der Waals surface area contributed by atoms with Gasteiger partial charge in [-0.25, -0.2) is 4.98 Å². The highest BCUT2D eigenvalue weighted by atomic mass is 15.1. The topological polar surface area (TPSA) is 17.8 Å². The van der Waals surface area contributed by atoms with Crippen LogP contribution in [0.3, 0.4) is 0 Å². The van der Waals surface area contributed by atoms with E-state index in [0.29, 0.717) is 12.0 Å². The number of hydrogen-bond acceptors (Lipinski definition) is 1. The number of imidazole rings is 1. The van der Waals surface area contributed by atoms with Gasteiger partial charge in [0.15, 0.2) is 0 Å². The Morgan fingerprint density at radius 1 is 0.741 bits per heavy atom. The highest BCUT2D eigenvalue weighted by Crippen LogP contribution is 2.28. The van der Waals surface area contributed by atoms with Gasteiger partial charge >= 0.3 is 0 Å². The maximum Gasteiger partial charge on any atom is 0.111 e. The van der Waals surface area contributed by atoms with E-state index in [2.05, 4.69) is 38.5 Å². The summed E-state index contributed by atoms with van der Waals surface area (Å²) >= 11 is 0. The summed E-state index contributed by atoms with van der Waals surface area (Å²) in [6.45, 7) is 9.31. The van der Waals surface area contributed by atoms with Crippen LogP contribution in [-0.2, 0) is 0 Å². The van der Waals surface area contributed by atoms with Crippen LogP contribution in [0.4, 0.5) is 0 Å². The van der Waals surface area contributed by atoms with E-state index in [9.17, 15) is 0 Å². The molecule has 0 aliphatic carbocycles. The molecule has 0 aliphatic heterocycles. The smallest absolute Gasteiger partial charge is 0.111 e. The Balaban J connectivity index is 2.34. The molecule has 0 aromatic carbocycles. The molecule has 0 amide bonds. The van der Waals surface area contributed by atoms with Crippen molar-refractivity contribution in [3.63, 3.8) is 0 Å². The van der Waals surface area contributed by atoms with E-state index < -0.39 is 0 Å². The van der Waals surface area contributed by atoms with Crippen LogP contribution in [0.5, 0.6) is 0 Å². The van der Waals surface area contributed by atoms with Crippen LogP contribution in [-0.4, -0.2) is 9.55 Å². The predicted molar refractivity (Wildman–Crippen MR) is 121 cm³/mol. The van der Waals surface area contributed by atoms with E-state index in [1.165, 1.54) is 109 Å². The van der Waals surface area contributed by atoms with E-state index in [-0.39, 0.29) is 0 Å². The van der Waals surface area contributed by atoms with Gasteiger partial charge in [0.1, 0.15) is 5.82 Å². The van der Waals surface area contributed by atoms with Crippen molar-refractivity contribution in [1.29, 1.82) is 0 Å². The fourth-order valence-corrected chi connectivity index (χ4v) is 4.24. The Hall–Kier alpha value is -0.790. The summed E-state index contributed by atoms with van der Waals surface area (Å²) in [5, 5.41) is 0. The third-order valence-electron chi connectivity index (χ3n) is 6.16. The lowest BCUT2D eigenvalue weighted by molar-refractivity contribution is 0.425. The van der Waals surface area contributed by atoms with Gasteiger partial charge in [0.05, 0.1) is 0 Å². The van der Waals surface area contributed by atoms with E-state index in [1.54, 1.807) is 0 Å². The van der Waals surface area contributed by atoms with E-state index in [0.717, 1.165) is 0 Å². The molecule has 1 heterocycles. The lowest BCUT2D eigenvalue weighted by atomic mass is 9.96. The molecule has 158 valence electrons. The zero-order valence-corrected chi connectivity index (χ0v) is 19.0. The van der Waals surface area contributed by atoms with Crippen LogP contribution in [0.15, 0.2) is 12.4 Å². The fraction of sp³-hybridized carbons (Fsp3) is 0.880. The first-order chi connectivity index (χ1) is 13.2. The van der Waals surface area contributed by atoms with Crippen molar-refractivity contribution in [1.82, 2.24) is 9.55 Å². The largest absolute Gasteiger partial charge is 0.332 e. The highest BCUT2D eigenvalue weighted by Gasteiger charge is 2.17. The van der Waals surface area contributed by atoms with E-state index >= 15 is 0 Å². The Kier molecular flexibility index (Phi) is 14.5. The normalized spacial score (nSPS) is 13.8. The lowest BCUT2D eigenvalue weighted by Crippen LogP contribution is -2.12. The van der Waals surface area contributed by atoms with Crippen LogP contribution in [0.2, 0.25) is 0 Å². The van der Waals surface area contributed by atoms with E-state index in [1.807, 2.05) is 6.20 Å². The van der Waals surface area contributed by atoms with Crippen molar-refractivity contribution in [3.05, 3.63) is 18.2 Å². The third-order valence-corrected chi connectivity index (χ3v) is 6.16. The van der Waals surface area contributed by atoms with Gasteiger partial charge in [0, 0.05) is 24.4 Å². The van der Waals surface area contributed by atoms with Crippen LogP contribution in [0.1, 0.15) is 148 Å². The van der Waals surface area contributed by atoms with Crippen LogP contribution in [0.25, 0.3) is 0 Å². The zero-order valence-electron chi connectivity index (χ0n) is 19.0. The van der Waals surface area contributed by atoms with Gasteiger partial charge in [0.25, 0.3) is 0 Å². The number of aromatic nitrogens is 2. The molecular weight excluding hydrogens is 328 g/mol. The Labute approximate surface area is 170 Å². The summed E-state index contributed by atoms with van der Waals surface area (Å²) in [6.07, 6.45) is 26.2. The maximum atomic E-state index is 4.78. The maximum absolute atomic E-state index is 4.78. The molecule has 0 spiro atoms. The molecule has 2 atom stereocenters. The zero-order chi connectivity index (χ0) is 19.7. The minimum absolute atomic E-state index is 0.594. The van der Waals surface area contributed by atoms with Crippen LogP contribution < -0.4 is 0 Å². The molecule has 1 aromatic rings. The summed E-state index contributed by atoms with van der Waals surface area (Å²) in [4.78, 5) is 4.78. The van der Waals surface area contributed by atoms with Crippen molar-refractivity contribution in [2.75, 3.05) is 0 Å². The van der Waals surface area contributed by atoms with Gasteiger partial charge in [0.2, 0.25) is 0 Å². The molecule has 1 aromatic heterocycles. The number of hydrogen-bond donors (Lipinski definition) is 0. The quantitative estimate of drug-likeness (QED) is 0.234. The summed E-state index contributed by atoms with van der Waals surface area (Å²) in [5.41, 5.74) is 0. The van der Waals surface area contributed by atoms with Crippen LogP contribution >= 0.6 is 0 Å². The minimum atomic E-state index is 0.594. The summed E-state index contributed by atoms with van der Waals surface area (Å²) in [5.74, 6) is 1.99. The molecular formula is C25H48N2. The van der Waals surface area contributed by atoms with Crippen molar-refractivity contribution < 1.29 is 0 Å². The standard InChI is InChI=1S/C25H48N2/c1-5-8-10-12-14-16-18-20-24(7-3)25-26-21-22-27(25)23(4)19-17-15-13-11-9-6-2/h21-24H,5-20H2,1-4H3. The Morgan fingerprint density at radius 3 is 1.81 bits per heavy atom. The van der Waals surface area contributed by atoms with Crippen molar-refractivity contribution >= 4 is 0 Å². The molecule has 2 heteroatoms. The molecule has 0 radical (unpaired) electrons. The number of rotatable bonds is 18. The molecule has 0 aliphatic rings. The second-order valence-corrected chi connectivity index (χ2v) is 8.61. The molecule has 2 nitrogen and oxygen atoms in total. The molecule has 1 rings (SSSR count). The summed E-state index contributed by atoms with van der Waals surface area (Å²) in [7, 11) is 0. The molecule has 27 heavy (non-hydrogen) atoms. The second-order valence-electron chi connectivity index (χ2n) is 8.61. The molecule has 0 saturated heterocycles. The Morgan fingerprint density at radius 2 is 1.26 bits per heavy atom. The monoisotopic (exact) mass is 376 g/mol. The van der Waals surface area contributed by atoms with Crippen molar-refractivity contribution in [2.24, 2.45) is 0 Å². The molecule has 2 unspecified atom stereocenters. The van der Waals surface area contributed by atoms with Gasteiger partial charge in [-0.3, -0.25) is 0 Å². The number of unbranched alkanes of at least 4 members (excludes halogenated alkanes) is 11. The van der Waals surface area contributed by atoms with Crippen molar-refractivity contribution in [3.8, 4) is 0 Å². The second kappa shape index (κ2) is 16.2. The average Bonchev–Trinajstić information content (AvgIpc) is 3.16. The van der Waals surface area contributed by atoms with Crippen LogP contribution in [0, 0.1) is 0 Å². The predicted octanol–water partition coefficient (Wildman–Crippen LogP) is 8.83. The molecule has 0 N–H and O–H groups in total. The van der Waals surface area contributed by atoms with Gasteiger partial charge in [-0.1, -0.05) is 104 Å². The van der Waals surface area contributed by atoms with Gasteiger partial charge in [-0.2, -0.15) is 0 Å². The molecule has 0 saturated carbocycles.